The Balaban J connectivity index is 1.81. The monoisotopic (exact) mass is 377 g/mol. The van der Waals surface area contributed by atoms with E-state index >= 15 is 0 Å². The summed E-state index contributed by atoms with van der Waals surface area (Å²) in [7, 11) is 0. The zero-order valence-corrected chi connectivity index (χ0v) is 15.2. The van der Waals surface area contributed by atoms with Crippen molar-refractivity contribution in [2.75, 3.05) is 22.6 Å². The van der Waals surface area contributed by atoms with Crippen LogP contribution in [0.15, 0.2) is 29.1 Å². The Morgan fingerprint density at radius 2 is 1.84 bits per heavy atom. The Kier molecular flexibility index (Phi) is 4.56. The van der Waals surface area contributed by atoms with Gasteiger partial charge in [0, 0.05) is 0 Å². The predicted octanol–water partition coefficient (Wildman–Crippen LogP) is 2.72. The SMILES string of the molecule is O=C1CSC(c2ccc(O)cc2)c2c(n(C3CCSCC3)[nH]c2=O)N1. The fourth-order valence-electron chi connectivity index (χ4n) is 3.37. The number of aromatic nitrogens is 2. The first-order valence-electron chi connectivity index (χ1n) is 8.26. The molecule has 8 heteroatoms. The average molecular weight is 377 g/mol. The van der Waals surface area contributed by atoms with Gasteiger partial charge in [-0.25, -0.2) is 0 Å². The molecule has 4 rings (SSSR count). The molecule has 25 heavy (non-hydrogen) atoms. The van der Waals surface area contributed by atoms with Crippen LogP contribution in [0.25, 0.3) is 0 Å². The highest BCUT2D eigenvalue weighted by atomic mass is 32.2. The summed E-state index contributed by atoms with van der Waals surface area (Å²) in [4.78, 5) is 25.0. The number of amides is 1. The largest absolute Gasteiger partial charge is 0.508 e. The van der Waals surface area contributed by atoms with E-state index in [4.69, 9.17) is 0 Å². The van der Waals surface area contributed by atoms with Crippen LogP contribution in [-0.4, -0.2) is 38.1 Å². The van der Waals surface area contributed by atoms with Crippen LogP contribution < -0.4 is 10.9 Å². The van der Waals surface area contributed by atoms with Gasteiger partial charge in [0.1, 0.15) is 11.6 Å². The van der Waals surface area contributed by atoms with Gasteiger partial charge in [0.2, 0.25) is 5.91 Å². The van der Waals surface area contributed by atoms with Crippen LogP contribution in [0.4, 0.5) is 5.82 Å². The highest BCUT2D eigenvalue weighted by Gasteiger charge is 2.32. The maximum Gasteiger partial charge on any atom is 0.270 e. The lowest BCUT2D eigenvalue weighted by atomic mass is 10.1. The van der Waals surface area contributed by atoms with Gasteiger partial charge in [0.15, 0.2) is 0 Å². The summed E-state index contributed by atoms with van der Waals surface area (Å²) in [6.45, 7) is 0. The molecule has 2 aliphatic heterocycles. The Morgan fingerprint density at radius 1 is 1.12 bits per heavy atom. The molecule has 1 amide bonds. The Hall–Kier alpha value is -1.80. The lowest BCUT2D eigenvalue weighted by Gasteiger charge is -2.24. The van der Waals surface area contributed by atoms with Gasteiger partial charge in [-0.1, -0.05) is 12.1 Å². The third-order valence-electron chi connectivity index (χ3n) is 4.62. The molecule has 3 N–H and O–H groups in total. The van der Waals surface area contributed by atoms with Gasteiger partial charge in [0.05, 0.1) is 22.6 Å². The average Bonchev–Trinajstić information content (AvgIpc) is 2.83. The highest BCUT2D eigenvalue weighted by Crippen LogP contribution is 2.41. The number of nitrogens with one attached hydrogen (secondary N) is 2. The van der Waals surface area contributed by atoms with Crippen molar-refractivity contribution in [2.24, 2.45) is 0 Å². The molecule has 3 heterocycles. The van der Waals surface area contributed by atoms with E-state index in [1.54, 1.807) is 24.3 Å². The number of aromatic amines is 1. The maximum atomic E-state index is 12.7. The standard InChI is InChI=1S/C17H19N3O3S2/c21-12-3-1-10(2-4-12)15-14-16(18-13(22)9-25-15)20(19-17(14)23)11-5-7-24-8-6-11/h1-4,11,15,21H,5-9H2,(H,18,22)(H,19,23). The summed E-state index contributed by atoms with van der Waals surface area (Å²) in [5.74, 6) is 3.11. The van der Waals surface area contributed by atoms with Gasteiger partial charge in [0.25, 0.3) is 5.56 Å². The highest BCUT2D eigenvalue weighted by molar-refractivity contribution is 8.00. The Bertz CT molecular complexity index is 838. The molecule has 1 fully saturated rings. The van der Waals surface area contributed by atoms with Crippen LogP contribution in [0.3, 0.4) is 0 Å². The zero-order chi connectivity index (χ0) is 17.4. The number of aromatic hydroxyl groups is 1. The molecule has 0 radical (unpaired) electrons. The third-order valence-corrected chi connectivity index (χ3v) is 6.93. The lowest BCUT2D eigenvalue weighted by molar-refractivity contribution is -0.113. The minimum Gasteiger partial charge on any atom is -0.508 e. The number of carbonyl (C=O) groups excluding carboxylic acids is 1. The van der Waals surface area contributed by atoms with E-state index in [2.05, 4.69) is 10.4 Å². The Labute approximate surface area is 153 Å². The molecule has 1 aromatic carbocycles. The number of phenolic OH excluding ortho intramolecular Hbond substituents is 1. The van der Waals surface area contributed by atoms with Crippen molar-refractivity contribution in [2.45, 2.75) is 24.1 Å². The van der Waals surface area contributed by atoms with Crippen LogP contribution in [0.1, 0.15) is 35.3 Å². The van der Waals surface area contributed by atoms with Gasteiger partial charge in [-0.3, -0.25) is 19.4 Å². The second kappa shape index (κ2) is 6.84. The molecule has 1 atom stereocenters. The van der Waals surface area contributed by atoms with E-state index in [1.807, 2.05) is 16.4 Å². The summed E-state index contributed by atoms with van der Waals surface area (Å²) in [6.07, 6.45) is 1.96. The minimum absolute atomic E-state index is 0.0922. The number of hydrogen-bond donors (Lipinski definition) is 3. The van der Waals surface area contributed by atoms with Gasteiger partial charge in [-0.05, 0) is 42.0 Å². The molecule has 0 bridgehead atoms. The summed E-state index contributed by atoms with van der Waals surface area (Å²) < 4.78 is 1.87. The molecule has 0 spiro atoms. The second-order valence-electron chi connectivity index (χ2n) is 6.25. The lowest BCUT2D eigenvalue weighted by Crippen LogP contribution is -2.22. The fraction of sp³-hybridized carbons (Fsp3) is 0.412. The number of H-pyrrole nitrogens is 1. The molecule has 0 saturated carbocycles. The van der Waals surface area contributed by atoms with E-state index in [0.29, 0.717) is 17.1 Å². The number of rotatable bonds is 2. The summed E-state index contributed by atoms with van der Waals surface area (Å²) in [5, 5.41) is 15.2. The molecule has 6 nitrogen and oxygen atoms in total. The molecule has 132 valence electrons. The third kappa shape index (κ3) is 3.20. The summed E-state index contributed by atoms with van der Waals surface area (Å²) in [5.41, 5.74) is 1.35. The first-order valence-corrected chi connectivity index (χ1v) is 10.5. The van der Waals surface area contributed by atoms with Crippen molar-refractivity contribution >= 4 is 35.2 Å². The van der Waals surface area contributed by atoms with Gasteiger partial charge in [-0.15, -0.1) is 11.8 Å². The van der Waals surface area contributed by atoms with Crippen molar-refractivity contribution in [3.63, 3.8) is 0 Å². The number of fused-ring (bicyclic) bond motifs is 1. The second-order valence-corrected chi connectivity index (χ2v) is 8.57. The molecule has 1 aromatic heterocycles. The van der Waals surface area contributed by atoms with Crippen LogP contribution in [0.5, 0.6) is 5.75 Å². The fourth-order valence-corrected chi connectivity index (χ4v) is 5.58. The van der Waals surface area contributed by atoms with Crippen molar-refractivity contribution in [1.29, 1.82) is 0 Å². The van der Waals surface area contributed by atoms with Gasteiger partial charge >= 0.3 is 0 Å². The molecule has 0 aliphatic carbocycles. The van der Waals surface area contributed by atoms with Crippen molar-refractivity contribution in [3.05, 3.63) is 45.7 Å². The summed E-state index contributed by atoms with van der Waals surface area (Å²) >= 11 is 3.36. The first-order chi connectivity index (χ1) is 12.1. The van der Waals surface area contributed by atoms with E-state index in [1.165, 1.54) is 11.8 Å². The Morgan fingerprint density at radius 3 is 2.56 bits per heavy atom. The number of thioether (sulfide) groups is 2. The first kappa shape index (κ1) is 16.7. The predicted molar refractivity (Wildman–Crippen MR) is 102 cm³/mol. The van der Waals surface area contributed by atoms with Gasteiger partial charge in [-0.2, -0.15) is 11.8 Å². The molecule has 1 unspecified atom stereocenters. The number of hydrogen-bond acceptors (Lipinski definition) is 5. The number of phenols is 1. The molecular formula is C17H19N3O3S2. The van der Waals surface area contributed by atoms with E-state index in [-0.39, 0.29) is 28.5 Å². The van der Waals surface area contributed by atoms with Crippen molar-refractivity contribution in [3.8, 4) is 5.75 Å². The number of benzene rings is 1. The molecule has 1 saturated heterocycles. The van der Waals surface area contributed by atoms with Gasteiger partial charge < -0.3 is 10.4 Å². The molecule has 2 aliphatic rings. The zero-order valence-electron chi connectivity index (χ0n) is 13.5. The van der Waals surface area contributed by atoms with Crippen LogP contribution in [0.2, 0.25) is 0 Å². The summed E-state index contributed by atoms with van der Waals surface area (Å²) in [6, 6.07) is 7.04. The normalized spacial score (nSPS) is 21.4. The van der Waals surface area contributed by atoms with Crippen molar-refractivity contribution in [1.82, 2.24) is 9.78 Å². The minimum atomic E-state index is -0.238. The quantitative estimate of drug-likeness (QED) is 0.749. The van der Waals surface area contributed by atoms with Crippen LogP contribution in [0, 0.1) is 0 Å². The van der Waals surface area contributed by atoms with Crippen LogP contribution >= 0.6 is 23.5 Å². The number of nitrogens with zero attached hydrogens (tertiary/aromatic N) is 1. The number of anilines is 1. The maximum absolute atomic E-state index is 12.7. The smallest absolute Gasteiger partial charge is 0.270 e. The number of carbonyl (C=O) groups is 1. The topological polar surface area (TPSA) is 87.1 Å². The molecule has 2 aromatic rings. The van der Waals surface area contributed by atoms with Crippen molar-refractivity contribution < 1.29 is 9.90 Å². The van der Waals surface area contributed by atoms with E-state index < -0.39 is 0 Å². The molecular weight excluding hydrogens is 358 g/mol. The van der Waals surface area contributed by atoms with E-state index in [9.17, 15) is 14.7 Å². The van der Waals surface area contributed by atoms with E-state index in [0.717, 1.165) is 29.9 Å². The van der Waals surface area contributed by atoms with Crippen LogP contribution in [-0.2, 0) is 4.79 Å².